The number of nitrogens with zero attached hydrogens (tertiary/aromatic N) is 4. The summed E-state index contributed by atoms with van der Waals surface area (Å²) in [5.74, 6) is -0.192. The summed E-state index contributed by atoms with van der Waals surface area (Å²) in [5.41, 5.74) is 0.954. The predicted octanol–water partition coefficient (Wildman–Crippen LogP) is 1.07. The van der Waals surface area contributed by atoms with Gasteiger partial charge in [0, 0.05) is 32.8 Å². The lowest BCUT2D eigenvalue weighted by Crippen LogP contribution is -2.25. The van der Waals surface area contributed by atoms with Crippen molar-refractivity contribution < 1.29 is 4.79 Å². The number of carbonyl (C=O) groups excluding carboxylic acids is 1. The van der Waals surface area contributed by atoms with Gasteiger partial charge in [-0.1, -0.05) is 18.3 Å². The van der Waals surface area contributed by atoms with Crippen LogP contribution in [-0.4, -0.2) is 39.0 Å². The van der Waals surface area contributed by atoms with Crippen molar-refractivity contribution in [1.29, 1.82) is 0 Å². The summed E-state index contributed by atoms with van der Waals surface area (Å²) in [4.78, 5) is 11.9. The maximum atomic E-state index is 11.9. The lowest BCUT2D eigenvalue weighted by atomic mass is 10.3. The molecule has 0 saturated heterocycles. The summed E-state index contributed by atoms with van der Waals surface area (Å²) >= 11 is 1.27. The normalized spacial score (nSPS) is 10.5. The smallest absolute Gasteiger partial charge is 0.282 e. The molecule has 1 amide bonds. The first-order valence-corrected chi connectivity index (χ1v) is 7.34. The number of hydrogen-bond donors (Lipinski definition) is 2. The molecule has 2 heterocycles. The highest BCUT2D eigenvalue weighted by molar-refractivity contribution is 7.17. The molecule has 0 spiro atoms. The van der Waals surface area contributed by atoms with Gasteiger partial charge in [-0.2, -0.15) is 5.10 Å². The van der Waals surface area contributed by atoms with E-state index in [2.05, 4.69) is 32.9 Å². The van der Waals surface area contributed by atoms with E-state index in [1.54, 1.807) is 4.68 Å². The van der Waals surface area contributed by atoms with Gasteiger partial charge in [0.2, 0.25) is 10.1 Å². The summed E-state index contributed by atoms with van der Waals surface area (Å²) in [7, 11) is 1.87. The van der Waals surface area contributed by atoms with Gasteiger partial charge in [-0.25, -0.2) is 0 Å². The second-order valence-electron chi connectivity index (χ2n) is 4.33. The van der Waals surface area contributed by atoms with Gasteiger partial charge in [-0.15, -0.1) is 10.2 Å². The van der Waals surface area contributed by atoms with Gasteiger partial charge >= 0.3 is 0 Å². The molecule has 2 N–H and O–H groups in total. The van der Waals surface area contributed by atoms with Crippen LogP contribution >= 0.6 is 11.3 Å². The maximum Gasteiger partial charge on any atom is 0.282 e. The molecule has 2 aromatic rings. The average molecular weight is 294 g/mol. The molecule has 0 saturated carbocycles. The van der Waals surface area contributed by atoms with E-state index in [0.717, 1.165) is 18.7 Å². The number of amides is 1. The Morgan fingerprint density at radius 1 is 1.40 bits per heavy atom. The van der Waals surface area contributed by atoms with Gasteiger partial charge in [0.15, 0.2) is 0 Å². The molecule has 0 aliphatic heterocycles. The van der Waals surface area contributed by atoms with E-state index in [9.17, 15) is 4.79 Å². The fraction of sp³-hybridized carbons (Fsp3) is 0.500. The Kier molecular flexibility index (Phi) is 5.05. The van der Waals surface area contributed by atoms with Crippen molar-refractivity contribution >= 4 is 22.4 Å². The van der Waals surface area contributed by atoms with Crippen LogP contribution in [0, 0.1) is 0 Å². The summed E-state index contributed by atoms with van der Waals surface area (Å²) in [5, 5.41) is 19.0. The topological polar surface area (TPSA) is 84.7 Å². The second kappa shape index (κ2) is 6.99. The number of hydrogen-bond acceptors (Lipinski definition) is 6. The Balaban J connectivity index is 1.78. The van der Waals surface area contributed by atoms with E-state index in [0.29, 0.717) is 23.1 Å². The van der Waals surface area contributed by atoms with Crippen LogP contribution in [0.3, 0.4) is 0 Å². The average Bonchev–Trinajstić information content (AvgIpc) is 3.05. The Bertz CT molecular complexity index is 564. The molecule has 2 rings (SSSR count). The third kappa shape index (κ3) is 4.02. The number of rotatable bonds is 7. The zero-order valence-electron chi connectivity index (χ0n) is 11.6. The Morgan fingerprint density at radius 2 is 2.25 bits per heavy atom. The lowest BCUT2D eigenvalue weighted by Gasteiger charge is -2.00. The van der Waals surface area contributed by atoms with Crippen LogP contribution in [0.4, 0.5) is 5.13 Å². The fourth-order valence-corrected chi connectivity index (χ4v) is 2.28. The van der Waals surface area contributed by atoms with Crippen LogP contribution in [0.5, 0.6) is 0 Å². The summed E-state index contributed by atoms with van der Waals surface area (Å²) in [6.07, 6.45) is 3.59. The first kappa shape index (κ1) is 14.4. The van der Waals surface area contributed by atoms with Crippen molar-refractivity contribution in [3.8, 4) is 0 Å². The number of anilines is 1. The largest absolute Gasteiger partial charge is 0.360 e. The molecule has 108 valence electrons. The van der Waals surface area contributed by atoms with Crippen LogP contribution in [0.2, 0.25) is 0 Å². The van der Waals surface area contributed by atoms with Gasteiger partial charge in [0.1, 0.15) is 0 Å². The Labute approximate surface area is 121 Å². The molecular weight excluding hydrogens is 276 g/mol. The van der Waals surface area contributed by atoms with E-state index in [4.69, 9.17) is 0 Å². The standard InChI is InChI=1S/C12H18N6OS/c1-3-6-14-12-16-15-11(20-12)10(19)13-7-4-9-5-8-18(2)17-9/h5,8H,3-4,6-7H2,1-2H3,(H,13,19)(H,14,16). The minimum absolute atomic E-state index is 0.192. The predicted molar refractivity (Wildman–Crippen MR) is 77.9 cm³/mol. The van der Waals surface area contributed by atoms with E-state index in [1.807, 2.05) is 19.3 Å². The molecule has 0 radical (unpaired) electrons. The minimum Gasteiger partial charge on any atom is -0.360 e. The molecule has 0 fully saturated rings. The van der Waals surface area contributed by atoms with Crippen LogP contribution in [0.1, 0.15) is 28.8 Å². The third-order valence-electron chi connectivity index (χ3n) is 2.58. The summed E-state index contributed by atoms with van der Waals surface area (Å²) < 4.78 is 1.74. The van der Waals surface area contributed by atoms with Gasteiger partial charge in [0.25, 0.3) is 5.91 Å². The summed E-state index contributed by atoms with van der Waals surface area (Å²) in [6, 6.07) is 1.93. The van der Waals surface area contributed by atoms with Crippen molar-refractivity contribution in [3.05, 3.63) is 23.0 Å². The summed E-state index contributed by atoms with van der Waals surface area (Å²) in [6.45, 7) is 3.43. The highest BCUT2D eigenvalue weighted by Crippen LogP contribution is 2.14. The monoisotopic (exact) mass is 294 g/mol. The number of aryl methyl sites for hydroxylation is 1. The fourth-order valence-electron chi connectivity index (χ4n) is 1.59. The second-order valence-corrected chi connectivity index (χ2v) is 5.30. The van der Waals surface area contributed by atoms with Gasteiger partial charge in [-0.05, 0) is 12.5 Å². The molecule has 2 aromatic heterocycles. The Hall–Kier alpha value is -1.96. The van der Waals surface area contributed by atoms with Crippen LogP contribution in [0.15, 0.2) is 12.3 Å². The highest BCUT2D eigenvalue weighted by Gasteiger charge is 2.12. The molecule has 0 aromatic carbocycles. The zero-order chi connectivity index (χ0) is 14.4. The molecule has 0 bridgehead atoms. The first-order chi connectivity index (χ1) is 9.69. The highest BCUT2D eigenvalue weighted by atomic mass is 32.1. The Morgan fingerprint density at radius 3 is 2.95 bits per heavy atom. The van der Waals surface area contributed by atoms with Gasteiger partial charge in [0.05, 0.1) is 5.69 Å². The van der Waals surface area contributed by atoms with Crippen molar-refractivity contribution in [2.75, 3.05) is 18.4 Å². The molecule has 0 aliphatic carbocycles. The van der Waals surface area contributed by atoms with Crippen LogP contribution in [-0.2, 0) is 13.5 Å². The molecule has 20 heavy (non-hydrogen) atoms. The van der Waals surface area contributed by atoms with Crippen molar-refractivity contribution in [2.45, 2.75) is 19.8 Å². The molecule has 8 heteroatoms. The first-order valence-electron chi connectivity index (χ1n) is 6.53. The van der Waals surface area contributed by atoms with Gasteiger partial charge in [-0.3, -0.25) is 9.48 Å². The number of aromatic nitrogens is 4. The lowest BCUT2D eigenvalue weighted by molar-refractivity contribution is 0.0953. The SMILES string of the molecule is CCCNc1nnc(C(=O)NCCc2ccn(C)n2)s1. The molecule has 0 unspecified atom stereocenters. The van der Waals surface area contributed by atoms with Crippen LogP contribution in [0.25, 0.3) is 0 Å². The zero-order valence-corrected chi connectivity index (χ0v) is 12.4. The quantitative estimate of drug-likeness (QED) is 0.798. The maximum absolute atomic E-state index is 11.9. The minimum atomic E-state index is -0.192. The molecular formula is C12H18N6OS. The van der Waals surface area contributed by atoms with Crippen LogP contribution < -0.4 is 10.6 Å². The van der Waals surface area contributed by atoms with E-state index >= 15 is 0 Å². The van der Waals surface area contributed by atoms with E-state index < -0.39 is 0 Å². The van der Waals surface area contributed by atoms with E-state index in [1.165, 1.54) is 11.3 Å². The molecule has 7 nitrogen and oxygen atoms in total. The van der Waals surface area contributed by atoms with Gasteiger partial charge < -0.3 is 10.6 Å². The molecule has 0 atom stereocenters. The number of carbonyl (C=O) groups is 1. The third-order valence-corrected chi connectivity index (χ3v) is 3.46. The number of nitrogens with one attached hydrogen (secondary N) is 2. The van der Waals surface area contributed by atoms with Crippen molar-refractivity contribution in [2.24, 2.45) is 7.05 Å². The van der Waals surface area contributed by atoms with E-state index in [-0.39, 0.29) is 5.91 Å². The van der Waals surface area contributed by atoms with Crippen molar-refractivity contribution in [1.82, 2.24) is 25.3 Å². The van der Waals surface area contributed by atoms with Crippen molar-refractivity contribution in [3.63, 3.8) is 0 Å². The molecule has 0 aliphatic rings.